The molecule has 1 rings (SSSR count). The van der Waals surface area contributed by atoms with Gasteiger partial charge in [-0.05, 0) is 31.4 Å². The average Bonchev–Trinajstić information content (AvgIpc) is 2.11. The topological polar surface area (TPSA) is 0 Å². The maximum absolute atomic E-state index is 2.25. The lowest BCUT2D eigenvalue weighted by Crippen LogP contribution is -1.88. The van der Waals surface area contributed by atoms with Crippen LogP contribution in [-0.2, 0) is 6.42 Å². The second kappa shape index (κ2) is 7.61. The largest absolute Gasteiger partial charge is 0.0656 e. The van der Waals surface area contributed by atoms with Crippen molar-refractivity contribution in [2.45, 2.75) is 53.9 Å². The molecule has 0 nitrogen and oxygen atoms in total. The molecule has 0 saturated heterocycles. The summed E-state index contributed by atoms with van der Waals surface area (Å²) in [4.78, 5) is 0. The zero-order chi connectivity index (χ0) is 11.0. The Morgan fingerprint density at radius 2 is 1.57 bits per heavy atom. The van der Waals surface area contributed by atoms with Crippen molar-refractivity contribution in [1.82, 2.24) is 0 Å². The summed E-state index contributed by atoms with van der Waals surface area (Å²) < 4.78 is 0. The van der Waals surface area contributed by atoms with Crippen molar-refractivity contribution in [3.63, 3.8) is 0 Å². The van der Waals surface area contributed by atoms with Gasteiger partial charge in [0, 0.05) is 0 Å². The van der Waals surface area contributed by atoms with Gasteiger partial charge < -0.3 is 0 Å². The van der Waals surface area contributed by atoms with Crippen LogP contribution in [0.15, 0.2) is 18.2 Å². The zero-order valence-corrected chi connectivity index (χ0v) is 10.4. The minimum Gasteiger partial charge on any atom is -0.0656 e. The fourth-order valence-electron chi connectivity index (χ4n) is 1.40. The van der Waals surface area contributed by atoms with Gasteiger partial charge in [-0.15, -0.1) is 0 Å². The van der Waals surface area contributed by atoms with Gasteiger partial charge in [-0.1, -0.05) is 57.4 Å². The van der Waals surface area contributed by atoms with Crippen LogP contribution in [-0.4, -0.2) is 0 Å². The van der Waals surface area contributed by atoms with Crippen LogP contribution in [0.2, 0.25) is 0 Å². The Morgan fingerprint density at radius 3 is 2.00 bits per heavy atom. The van der Waals surface area contributed by atoms with Crippen LogP contribution >= 0.6 is 0 Å². The van der Waals surface area contributed by atoms with E-state index in [0.717, 1.165) is 0 Å². The van der Waals surface area contributed by atoms with E-state index in [1.807, 2.05) is 0 Å². The van der Waals surface area contributed by atoms with Gasteiger partial charge in [0.2, 0.25) is 0 Å². The molecule has 0 aliphatic heterocycles. The molecule has 0 heteroatoms. The SMILES string of the molecule is CCC.CCCc1ccc(C)cc1C. The third-order valence-electron chi connectivity index (χ3n) is 2.02. The molecule has 0 radical (unpaired) electrons. The predicted octanol–water partition coefficient (Wildman–Crippen LogP) is 4.67. The van der Waals surface area contributed by atoms with Crippen LogP contribution in [0.25, 0.3) is 0 Å². The number of hydrogen-bond donors (Lipinski definition) is 0. The second-order valence-electron chi connectivity index (χ2n) is 3.89. The van der Waals surface area contributed by atoms with E-state index >= 15 is 0 Å². The number of benzene rings is 1. The molecule has 0 aromatic heterocycles. The quantitative estimate of drug-likeness (QED) is 0.638. The van der Waals surface area contributed by atoms with Gasteiger partial charge in [0.1, 0.15) is 0 Å². The molecule has 80 valence electrons. The lowest BCUT2D eigenvalue weighted by Gasteiger charge is -2.04. The van der Waals surface area contributed by atoms with Crippen molar-refractivity contribution < 1.29 is 0 Å². The van der Waals surface area contributed by atoms with Crippen LogP contribution in [0, 0.1) is 13.8 Å². The third kappa shape index (κ3) is 5.06. The van der Waals surface area contributed by atoms with Crippen molar-refractivity contribution in [2.75, 3.05) is 0 Å². The van der Waals surface area contributed by atoms with Crippen molar-refractivity contribution in [1.29, 1.82) is 0 Å². The van der Waals surface area contributed by atoms with E-state index in [9.17, 15) is 0 Å². The first-order valence-corrected chi connectivity index (χ1v) is 5.71. The summed E-state index contributed by atoms with van der Waals surface area (Å²) >= 11 is 0. The molecule has 14 heavy (non-hydrogen) atoms. The standard InChI is InChI=1S/C11H16.C3H8/c1-4-5-11-7-6-9(2)8-10(11)3;1-3-2/h6-8H,4-5H2,1-3H3;3H2,1-2H3. The lowest BCUT2D eigenvalue weighted by molar-refractivity contribution is 0.912. The lowest BCUT2D eigenvalue weighted by atomic mass is 10.0. The highest BCUT2D eigenvalue weighted by Gasteiger charge is 1.95. The Balaban J connectivity index is 0.000000500. The number of hydrogen-bond acceptors (Lipinski definition) is 0. The summed E-state index contributed by atoms with van der Waals surface area (Å²) in [6.45, 7) is 10.8. The van der Waals surface area contributed by atoms with E-state index in [1.54, 1.807) is 0 Å². The fourth-order valence-corrected chi connectivity index (χ4v) is 1.40. The van der Waals surface area contributed by atoms with Crippen molar-refractivity contribution in [3.8, 4) is 0 Å². The first-order chi connectivity index (χ1) is 6.65. The maximum atomic E-state index is 2.25. The molecule has 0 bridgehead atoms. The van der Waals surface area contributed by atoms with Gasteiger partial charge in [0.25, 0.3) is 0 Å². The summed E-state index contributed by atoms with van der Waals surface area (Å²) in [6, 6.07) is 6.69. The number of rotatable bonds is 2. The Labute approximate surface area is 89.4 Å². The van der Waals surface area contributed by atoms with E-state index in [0.29, 0.717) is 0 Å². The highest BCUT2D eigenvalue weighted by Crippen LogP contribution is 2.11. The first kappa shape index (κ1) is 13.2. The molecule has 0 heterocycles. The van der Waals surface area contributed by atoms with E-state index in [-0.39, 0.29) is 0 Å². The molecule has 0 aliphatic rings. The Kier molecular flexibility index (Phi) is 7.18. The molecule has 0 fully saturated rings. The van der Waals surface area contributed by atoms with Gasteiger partial charge in [-0.2, -0.15) is 0 Å². The van der Waals surface area contributed by atoms with Crippen LogP contribution in [0.4, 0.5) is 0 Å². The van der Waals surface area contributed by atoms with Crippen molar-refractivity contribution in [3.05, 3.63) is 34.9 Å². The highest BCUT2D eigenvalue weighted by atomic mass is 14.0. The Hall–Kier alpha value is -0.780. The summed E-state index contributed by atoms with van der Waals surface area (Å²) in [7, 11) is 0. The molecule has 1 aromatic rings. The highest BCUT2D eigenvalue weighted by molar-refractivity contribution is 5.30. The van der Waals surface area contributed by atoms with Gasteiger partial charge in [-0.25, -0.2) is 0 Å². The summed E-state index contributed by atoms with van der Waals surface area (Å²) in [5.41, 5.74) is 4.30. The minimum absolute atomic E-state index is 1.21. The normalized spacial score (nSPS) is 9.21. The smallest absolute Gasteiger partial charge is 0.0279 e. The van der Waals surface area contributed by atoms with Crippen LogP contribution in [0.5, 0.6) is 0 Å². The Morgan fingerprint density at radius 1 is 1.00 bits per heavy atom. The van der Waals surface area contributed by atoms with E-state index in [1.165, 1.54) is 36.0 Å². The van der Waals surface area contributed by atoms with E-state index in [4.69, 9.17) is 0 Å². The molecule has 1 aromatic carbocycles. The van der Waals surface area contributed by atoms with Gasteiger partial charge in [-0.3, -0.25) is 0 Å². The molecular weight excluding hydrogens is 168 g/mol. The molecule has 0 atom stereocenters. The van der Waals surface area contributed by atoms with Crippen LogP contribution < -0.4 is 0 Å². The average molecular weight is 192 g/mol. The van der Waals surface area contributed by atoms with Crippen LogP contribution in [0.1, 0.15) is 50.3 Å². The first-order valence-electron chi connectivity index (χ1n) is 5.71. The molecule has 0 aliphatic carbocycles. The molecule has 0 spiro atoms. The summed E-state index contributed by atoms with van der Waals surface area (Å²) in [5.74, 6) is 0. The third-order valence-corrected chi connectivity index (χ3v) is 2.02. The molecule has 0 N–H and O–H groups in total. The Bertz CT molecular complexity index is 248. The summed E-state index contributed by atoms with van der Waals surface area (Å²) in [5, 5.41) is 0. The number of aryl methyl sites for hydroxylation is 3. The van der Waals surface area contributed by atoms with Gasteiger partial charge in [0.05, 0.1) is 0 Å². The fraction of sp³-hybridized carbons (Fsp3) is 0.571. The van der Waals surface area contributed by atoms with Crippen molar-refractivity contribution in [2.24, 2.45) is 0 Å². The molecule has 0 saturated carbocycles. The van der Waals surface area contributed by atoms with E-state index < -0.39 is 0 Å². The van der Waals surface area contributed by atoms with Crippen molar-refractivity contribution >= 4 is 0 Å². The summed E-state index contributed by atoms with van der Waals surface area (Å²) in [6.07, 6.45) is 3.70. The monoisotopic (exact) mass is 192 g/mol. The van der Waals surface area contributed by atoms with E-state index in [2.05, 4.69) is 52.8 Å². The molecular formula is C14H24. The van der Waals surface area contributed by atoms with Gasteiger partial charge >= 0.3 is 0 Å². The molecule has 0 amide bonds. The van der Waals surface area contributed by atoms with Gasteiger partial charge in [0.15, 0.2) is 0 Å². The molecule has 0 unspecified atom stereocenters. The zero-order valence-electron chi connectivity index (χ0n) is 10.4. The maximum Gasteiger partial charge on any atom is -0.0279 e. The van der Waals surface area contributed by atoms with Crippen LogP contribution in [0.3, 0.4) is 0 Å². The second-order valence-corrected chi connectivity index (χ2v) is 3.89. The predicted molar refractivity (Wildman–Crippen MR) is 65.9 cm³/mol. The minimum atomic E-state index is 1.21.